The molecule has 1 aliphatic heterocycles. The molecule has 0 bridgehead atoms. The van der Waals surface area contributed by atoms with Crippen LogP contribution < -0.4 is 0 Å². The van der Waals surface area contributed by atoms with E-state index >= 15 is 0 Å². The van der Waals surface area contributed by atoms with Crippen molar-refractivity contribution in [2.75, 3.05) is 37.7 Å². The van der Waals surface area contributed by atoms with Gasteiger partial charge in [-0.25, -0.2) is 25.4 Å². The van der Waals surface area contributed by atoms with Crippen LogP contribution in [-0.4, -0.2) is 63.1 Å². The maximum absolute atomic E-state index is 12.8. The molecule has 0 aromatic heterocycles. The molecule has 0 unspecified atom stereocenters. The van der Waals surface area contributed by atoms with Crippen molar-refractivity contribution in [3.05, 3.63) is 0 Å². The van der Waals surface area contributed by atoms with Gasteiger partial charge in [0, 0.05) is 26.2 Å². The highest BCUT2D eigenvalue weighted by Crippen LogP contribution is 2.28. The molecule has 0 atom stereocenters. The molecule has 8 heteroatoms. The van der Waals surface area contributed by atoms with E-state index in [1.807, 2.05) is 0 Å². The lowest BCUT2D eigenvalue weighted by Crippen LogP contribution is -2.40. The van der Waals surface area contributed by atoms with Gasteiger partial charge in [0.1, 0.15) is 0 Å². The zero-order chi connectivity index (χ0) is 19.3. The topological polar surface area (TPSA) is 74.8 Å². The van der Waals surface area contributed by atoms with Gasteiger partial charge in [-0.2, -0.15) is 0 Å². The van der Waals surface area contributed by atoms with Crippen molar-refractivity contribution in [3.8, 4) is 0 Å². The molecule has 0 N–H and O–H groups in total. The second kappa shape index (κ2) is 9.55. The van der Waals surface area contributed by atoms with Crippen LogP contribution in [0.3, 0.4) is 0 Å². The molecule has 2 aliphatic carbocycles. The first-order chi connectivity index (χ1) is 12.9. The summed E-state index contributed by atoms with van der Waals surface area (Å²) in [4.78, 5) is 0. The fraction of sp³-hybridized carbons (Fsp3) is 1.00. The second-order valence-electron chi connectivity index (χ2n) is 8.72. The number of rotatable bonds is 6. The van der Waals surface area contributed by atoms with Gasteiger partial charge in [-0.1, -0.05) is 38.5 Å². The number of hydrogen-bond acceptors (Lipinski definition) is 4. The van der Waals surface area contributed by atoms with E-state index in [1.165, 1.54) is 12.8 Å². The van der Waals surface area contributed by atoms with Gasteiger partial charge in [0.05, 0.1) is 11.5 Å². The van der Waals surface area contributed by atoms with Gasteiger partial charge < -0.3 is 0 Å². The Labute approximate surface area is 165 Å². The lowest BCUT2D eigenvalue weighted by molar-refractivity contribution is 0.361. The first-order valence-corrected chi connectivity index (χ1v) is 14.0. The monoisotopic (exact) mass is 420 g/mol. The maximum Gasteiger partial charge on any atom is 0.214 e. The van der Waals surface area contributed by atoms with Gasteiger partial charge in [0.2, 0.25) is 20.0 Å². The number of hydrogen-bond donors (Lipinski definition) is 0. The van der Waals surface area contributed by atoms with E-state index < -0.39 is 20.0 Å². The van der Waals surface area contributed by atoms with Crippen LogP contribution in [0.1, 0.15) is 70.6 Å². The SMILES string of the molecule is O=S(=O)(CC1CCCCC1)N1CCCN(S(=O)(=O)CC2CCCCC2)CC1. The summed E-state index contributed by atoms with van der Waals surface area (Å²) in [5.74, 6) is 1.03. The normalized spacial score (nSPS) is 26.1. The highest BCUT2D eigenvalue weighted by molar-refractivity contribution is 7.89. The molecule has 0 amide bonds. The molecular formula is C19H36N2O4S2. The number of sulfonamides is 2. The Hall–Kier alpha value is -0.180. The summed E-state index contributed by atoms with van der Waals surface area (Å²) >= 11 is 0. The fourth-order valence-electron chi connectivity index (χ4n) is 4.94. The van der Waals surface area contributed by atoms with Crippen LogP contribution in [-0.2, 0) is 20.0 Å². The van der Waals surface area contributed by atoms with Crippen molar-refractivity contribution in [1.82, 2.24) is 8.61 Å². The average molecular weight is 421 g/mol. The van der Waals surface area contributed by atoms with E-state index in [0.29, 0.717) is 32.6 Å². The molecule has 0 aromatic carbocycles. The van der Waals surface area contributed by atoms with Crippen molar-refractivity contribution < 1.29 is 16.8 Å². The zero-order valence-electron chi connectivity index (χ0n) is 16.5. The molecule has 6 nitrogen and oxygen atoms in total. The predicted molar refractivity (Wildman–Crippen MR) is 108 cm³/mol. The molecule has 0 spiro atoms. The maximum atomic E-state index is 12.8. The third-order valence-electron chi connectivity index (χ3n) is 6.54. The lowest BCUT2D eigenvalue weighted by Gasteiger charge is -2.27. The summed E-state index contributed by atoms with van der Waals surface area (Å²) in [5.41, 5.74) is 0. The second-order valence-corrected chi connectivity index (χ2v) is 12.7. The highest BCUT2D eigenvalue weighted by atomic mass is 32.2. The first kappa shape index (κ1) is 21.5. The van der Waals surface area contributed by atoms with Crippen molar-refractivity contribution in [1.29, 1.82) is 0 Å². The van der Waals surface area contributed by atoms with Gasteiger partial charge in [-0.15, -0.1) is 0 Å². The largest absolute Gasteiger partial charge is 0.214 e. The lowest BCUT2D eigenvalue weighted by atomic mass is 9.91. The molecule has 3 rings (SSSR count). The van der Waals surface area contributed by atoms with Gasteiger partial charge in [0.25, 0.3) is 0 Å². The van der Waals surface area contributed by atoms with E-state index in [4.69, 9.17) is 0 Å². The third-order valence-corrected chi connectivity index (χ3v) is 10.6. The van der Waals surface area contributed by atoms with Crippen LogP contribution in [0.25, 0.3) is 0 Å². The summed E-state index contributed by atoms with van der Waals surface area (Å²) in [6.45, 7) is 1.51. The average Bonchev–Trinajstić information content (AvgIpc) is 2.90. The summed E-state index contributed by atoms with van der Waals surface area (Å²) in [7, 11) is -6.58. The standard InChI is InChI=1S/C19H36N2O4S2/c22-26(23,16-18-8-3-1-4-9-18)20-12-7-13-21(15-14-20)27(24,25)17-19-10-5-2-6-11-19/h18-19H,1-17H2. The molecule has 2 saturated carbocycles. The molecule has 3 fully saturated rings. The molecular weight excluding hydrogens is 384 g/mol. The minimum Gasteiger partial charge on any atom is -0.212 e. The zero-order valence-corrected chi connectivity index (χ0v) is 18.2. The summed E-state index contributed by atoms with van der Waals surface area (Å²) in [6.07, 6.45) is 11.6. The van der Waals surface area contributed by atoms with Crippen LogP contribution in [0, 0.1) is 11.8 Å². The summed E-state index contributed by atoms with van der Waals surface area (Å²) in [5, 5.41) is 0. The first-order valence-electron chi connectivity index (χ1n) is 10.8. The van der Waals surface area contributed by atoms with Gasteiger partial charge in [0.15, 0.2) is 0 Å². The van der Waals surface area contributed by atoms with E-state index in [9.17, 15) is 16.8 Å². The molecule has 1 heterocycles. The Kier molecular flexibility index (Phi) is 7.61. The quantitative estimate of drug-likeness (QED) is 0.662. The third kappa shape index (κ3) is 6.15. The van der Waals surface area contributed by atoms with E-state index in [0.717, 1.165) is 51.4 Å². The van der Waals surface area contributed by atoms with Crippen molar-refractivity contribution >= 4 is 20.0 Å². The molecule has 0 aromatic rings. The Bertz CT molecular complexity index is 608. The Morgan fingerprint density at radius 1 is 0.519 bits per heavy atom. The minimum atomic E-state index is -3.29. The Balaban J connectivity index is 1.55. The fourth-order valence-corrected chi connectivity index (χ4v) is 8.75. The van der Waals surface area contributed by atoms with E-state index in [2.05, 4.69) is 0 Å². The van der Waals surface area contributed by atoms with Crippen LogP contribution in [0.2, 0.25) is 0 Å². The minimum absolute atomic E-state index is 0.238. The smallest absolute Gasteiger partial charge is 0.212 e. The highest BCUT2D eigenvalue weighted by Gasteiger charge is 2.33. The molecule has 0 radical (unpaired) electrons. The molecule has 1 saturated heterocycles. The Morgan fingerprint density at radius 2 is 0.889 bits per heavy atom. The van der Waals surface area contributed by atoms with Gasteiger partial charge in [-0.05, 0) is 43.9 Å². The van der Waals surface area contributed by atoms with Crippen molar-refractivity contribution in [2.24, 2.45) is 11.8 Å². The van der Waals surface area contributed by atoms with Crippen LogP contribution in [0.15, 0.2) is 0 Å². The van der Waals surface area contributed by atoms with Crippen LogP contribution >= 0.6 is 0 Å². The molecule has 158 valence electrons. The number of nitrogens with zero attached hydrogens (tertiary/aromatic N) is 2. The van der Waals surface area contributed by atoms with Crippen LogP contribution in [0.5, 0.6) is 0 Å². The van der Waals surface area contributed by atoms with Crippen molar-refractivity contribution in [3.63, 3.8) is 0 Å². The predicted octanol–water partition coefficient (Wildman–Crippen LogP) is 2.81. The van der Waals surface area contributed by atoms with Gasteiger partial charge >= 0.3 is 0 Å². The molecule has 3 aliphatic rings. The molecule has 27 heavy (non-hydrogen) atoms. The van der Waals surface area contributed by atoms with E-state index in [-0.39, 0.29) is 23.3 Å². The Morgan fingerprint density at radius 3 is 1.26 bits per heavy atom. The summed E-state index contributed by atoms with van der Waals surface area (Å²) in [6, 6.07) is 0. The van der Waals surface area contributed by atoms with Crippen LogP contribution in [0.4, 0.5) is 0 Å². The van der Waals surface area contributed by atoms with Crippen molar-refractivity contribution in [2.45, 2.75) is 70.6 Å². The van der Waals surface area contributed by atoms with Gasteiger partial charge in [-0.3, -0.25) is 0 Å². The summed E-state index contributed by atoms with van der Waals surface area (Å²) < 4.78 is 54.5. The van der Waals surface area contributed by atoms with E-state index in [1.54, 1.807) is 8.61 Å².